The molecule has 254 valence electrons. The zero-order valence-electron chi connectivity index (χ0n) is 27.9. The summed E-state index contributed by atoms with van der Waals surface area (Å²) in [6.45, 7) is 6.57. The highest BCUT2D eigenvalue weighted by Crippen LogP contribution is 2.32. The molecule has 0 saturated carbocycles. The summed E-state index contributed by atoms with van der Waals surface area (Å²) in [5.74, 6) is 1.60. The van der Waals surface area contributed by atoms with Gasteiger partial charge in [0.25, 0.3) is 5.91 Å². The normalized spacial score (nSPS) is 11.7. The SMILES string of the molecule is CC(C)(C)c1ccc(Oc2ccc(-c3ccc(Cc4nc(-c5ccc(Cl)cc5Cl)cn4-c4ccc(C(=O)NS(C)(=O)=O)cc4)cc3)cc2)cc1. The number of nitrogens with one attached hydrogen (secondary N) is 1. The van der Waals surface area contributed by atoms with Crippen molar-refractivity contribution in [1.82, 2.24) is 14.3 Å². The van der Waals surface area contributed by atoms with E-state index in [9.17, 15) is 13.2 Å². The molecule has 0 aliphatic rings. The second-order valence-corrected chi connectivity index (χ2v) is 15.7. The summed E-state index contributed by atoms with van der Waals surface area (Å²) in [5.41, 5.74) is 6.85. The van der Waals surface area contributed by atoms with Crippen LogP contribution in [0.2, 0.25) is 10.0 Å². The fourth-order valence-electron chi connectivity index (χ4n) is 5.47. The lowest BCUT2D eigenvalue weighted by atomic mass is 9.87. The molecule has 1 heterocycles. The maximum atomic E-state index is 12.4. The number of hydrogen-bond acceptors (Lipinski definition) is 5. The summed E-state index contributed by atoms with van der Waals surface area (Å²) in [7, 11) is -3.69. The number of ether oxygens (including phenoxy) is 1. The molecule has 50 heavy (non-hydrogen) atoms. The van der Waals surface area contributed by atoms with Gasteiger partial charge in [-0.1, -0.05) is 92.5 Å². The van der Waals surface area contributed by atoms with Gasteiger partial charge in [0.15, 0.2) is 0 Å². The highest BCUT2D eigenvalue weighted by Gasteiger charge is 2.17. The first kappa shape index (κ1) is 35.0. The van der Waals surface area contributed by atoms with Crippen LogP contribution >= 0.6 is 23.2 Å². The maximum absolute atomic E-state index is 12.4. The molecule has 10 heteroatoms. The van der Waals surface area contributed by atoms with Crippen LogP contribution in [0.4, 0.5) is 0 Å². The smallest absolute Gasteiger partial charge is 0.264 e. The molecule has 0 spiro atoms. The Morgan fingerprint density at radius 1 is 0.800 bits per heavy atom. The molecule has 6 rings (SSSR count). The van der Waals surface area contributed by atoms with Gasteiger partial charge in [-0.2, -0.15) is 0 Å². The standard InChI is InChI=1S/C40H35Cl2N3O4S/c1-40(2,3)30-13-20-34(21-14-30)49-33-18-11-28(12-19-33)27-7-5-26(6-8-27)23-38-43-37(35-22-15-31(41)24-36(35)42)25-45(38)32-16-9-29(10-17-32)39(46)44-50(4,47)48/h5-22,24-25H,23H2,1-4H3,(H,44,46). The molecule has 0 atom stereocenters. The van der Waals surface area contributed by atoms with Gasteiger partial charge in [0.2, 0.25) is 10.0 Å². The van der Waals surface area contributed by atoms with Crippen molar-refractivity contribution in [3.05, 3.63) is 154 Å². The van der Waals surface area contributed by atoms with Crippen molar-refractivity contribution in [2.45, 2.75) is 32.6 Å². The third-order valence-electron chi connectivity index (χ3n) is 8.13. The van der Waals surface area contributed by atoms with Gasteiger partial charge >= 0.3 is 0 Å². The molecule has 6 aromatic rings. The molecular formula is C40H35Cl2N3O4S. The monoisotopic (exact) mass is 723 g/mol. The summed E-state index contributed by atoms with van der Waals surface area (Å²) in [6, 6.07) is 36.4. The van der Waals surface area contributed by atoms with Crippen molar-refractivity contribution in [3.8, 4) is 39.6 Å². The number of benzene rings is 5. The fraction of sp³-hybridized carbons (Fsp3) is 0.150. The van der Waals surface area contributed by atoms with Crippen molar-refractivity contribution in [2.24, 2.45) is 0 Å². The topological polar surface area (TPSA) is 90.3 Å². The number of amides is 1. The summed E-state index contributed by atoms with van der Waals surface area (Å²) in [5, 5.41) is 0.996. The summed E-state index contributed by atoms with van der Waals surface area (Å²) < 4.78 is 33.1. The Bertz CT molecular complexity index is 2260. The Kier molecular flexibility index (Phi) is 9.89. The molecule has 0 bridgehead atoms. The first-order valence-corrected chi connectivity index (χ1v) is 18.5. The second kappa shape index (κ2) is 14.2. The van der Waals surface area contributed by atoms with Crippen molar-refractivity contribution < 1.29 is 17.9 Å². The molecule has 0 aliphatic heterocycles. The van der Waals surface area contributed by atoms with E-state index in [2.05, 4.69) is 57.2 Å². The minimum absolute atomic E-state index is 0.0858. The van der Waals surface area contributed by atoms with Gasteiger partial charge in [0.05, 0.1) is 17.0 Å². The van der Waals surface area contributed by atoms with Gasteiger partial charge < -0.3 is 9.30 Å². The third kappa shape index (κ3) is 8.45. The first-order chi connectivity index (χ1) is 23.7. The van der Waals surface area contributed by atoms with E-state index in [4.69, 9.17) is 32.9 Å². The number of carbonyl (C=O) groups is 1. The molecule has 1 aromatic heterocycles. The quantitative estimate of drug-likeness (QED) is 0.160. The molecule has 7 nitrogen and oxygen atoms in total. The molecule has 5 aromatic carbocycles. The van der Waals surface area contributed by atoms with E-state index in [1.54, 1.807) is 36.4 Å². The average molecular weight is 725 g/mol. The predicted octanol–water partition coefficient (Wildman–Crippen LogP) is 9.88. The molecule has 0 unspecified atom stereocenters. The molecule has 0 fully saturated rings. The van der Waals surface area contributed by atoms with Gasteiger partial charge in [-0.15, -0.1) is 0 Å². The Hall–Kier alpha value is -4.89. The number of nitrogens with zero attached hydrogens (tertiary/aromatic N) is 2. The first-order valence-electron chi connectivity index (χ1n) is 15.9. The van der Waals surface area contributed by atoms with Gasteiger partial charge in [-0.25, -0.2) is 18.1 Å². The molecule has 0 saturated heterocycles. The van der Waals surface area contributed by atoms with Gasteiger partial charge in [0, 0.05) is 34.5 Å². The van der Waals surface area contributed by atoms with Crippen LogP contribution in [0.15, 0.2) is 121 Å². The van der Waals surface area contributed by atoms with Crippen LogP contribution in [-0.4, -0.2) is 30.1 Å². The minimum Gasteiger partial charge on any atom is -0.457 e. The van der Waals surface area contributed by atoms with Crippen LogP contribution in [0.3, 0.4) is 0 Å². The van der Waals surface area contributed by atoms with Gasteiger partial charge in [0.1, 0.15) is 17.3 Å². The number of halogens is 2. The third-order valence-corrected chi connectivity index (χ3v) is 9.24. The number of imidazole rings is 1. The van der Waals surface area contributed by atoms with E-state index in [1.807, 2.05) is 58.0 Å². The molecule has 1 N–H and O–H groups in total. The van der Waals surface area contributed by atoms with Crippen LogP contribution < -0.4 is 9.46 Å². The van der Waals surface area contributed by atoms with Gasteiger partial charge in [-0.3, -0.25) is 4.79 Å². The Morgan fingerprint density at radius 2 is 1.38 bits per heavy atom. The number of aromatic nitrogens is 2. The Balaban J connectivity index is 1.22. The predicted molar refractivity (Wildman–Crippen MR) is 201 cm³/mol. The van der Waals surface area contributed by atoms with Gasteiger partial charge in [-0.05, 0) is 94.4 Å². The maximum Gasteiger partial charge on any atom is 0.264 e. The lowest BCUT2D eigenvalue weighted by Gasteiger charge is -2.19. The Morgan fingerprint density at radius 3 is 1.94 bits per heavy atom. The number of carbonyl (C=O) groups excluding carboxylic acids is 1. The van der Waals surface area contributed by atoms with E-state index in [0.29, 0.717) is 22.2 Å². The largest absolute Gasteiger partial charge is 0.457 e. The van der Waals surface area contributed by atoms with Crippen LogP contribution in [0.5, 0.6) is 11.5 Å². The van der Waals surface area contributed by atoms with Crippen molar-refractivity contribution >= 4 is 39.1 Å². The number of rotatable bonds is 9. The lowest BCUT2D eigenvalue weighted by molar-refractivity contribution is 0.0981. The number of hydrogen-bond donors (Lipinski definition) is 1. The number of sulfonamides is 1. The van der Waals surface area contributed by atoms with Crippen LogP contribution in [0, 0.1) is 0 Å². The van der Waals surface area contributed by atoms with Crippen molar-refractivity contribution in [1.29, 1.82) is 0 Å². The molecular weight excluding hydrogens is 689 g/mol. The summed E-state index contributed by atoms with van der Waals surface area (Å²) in [4.78, 5) is 17.3. The van der Waals surface area contributed by atoms with Crippen molar-refractivity contribution in [3.63, 3.8) is 0 Å². The second-order valence-electron chi connectivity index (χ2n) is 13.1. The van der Waals surface area contributed by atoms with Crippen molar-refractivity contribution in [2.75, 3.05) is 6.26 Å². The molecule has 0 aliphatic carbocycles. The van der Waals surface area contributed by atoms with E-state index in [1.165, 1.54) is 5.56 Å². The minimum atomic E-state index is -3.69. The highest BCUT2D eigenvalue weighted by atomic mass is 35.5. The van der Waals surface area contributed by atoms with Crippen LogP contribution in [-0.2, 0) is 21.9 Å². The average Bonchev–Trinajstić information content (AvgIpc) is 3.48. The Labute approximate surface area is 302 Å². The van der Waals surface area contributed by atoms with E-state index < -0.39 is 15.9 Å². The van der Waals surface area contributed by atoms with E-state index >= 15 is 0 Å². The highest BCUT2D eigenvalue weighted by molar-refractivity contribution is 7.89. The van der Waals surface area contributed by atoms with E-state index in [0.717, 1.165) is 51.5 Å². The van der Waals surface area contributed by atoms with Crippen LogP contribution in [0.1, 0.15) is 48.1 Å². The zero-order valence-corrected chi connectivity index (χ0v) is 30.3. The lowest BCUT2D eigenvalue weighted by Crippen LogP contribution is -2.29. The summed E-state index contributed by atoms with van der Waals surface area (Å²) >= 11 is 12.7. The fourth-order valence-corrected chi connectivity index (χ4v) is 6.43. The zero-order chi connectivity index (χ0) is 35.6. The summed E-state index contributed by atoms with van der Waals surface area (Å²) in [6.07, 6.45) is 3.32. The van der Waals surface area contributed by atoms with Crippen LogP contribution in [0.25, 0.3) is 28.1 Å². The van der Waals surface area contributed by atoms with E-state index in [-0.39, 0.29) is 11.0 Å². The molecule has 0 radical (unpaired) electrons. The molecule has 1 amide bonds.